The van der Waals surface area contributed by atoms with E-state index in [2.05, 4.69) is 0 Å². The van der Waals surface area contributed by atoms with Gasteiger partial charge in [-0.1, -0.05) is 19.4 Å². The van der Waals surface area contributed by atoms with E-state index in [4.69, 9.17) is 18.9 Å². The Balaban J connectivity index is 2.24. The number of hydrogen-bond acceptors (Lipinski definition) is 10. The number of carbonyl (C=O) groups excluding carboxylic acids is 2. The van der Waals surface area contributed by atoms with E-state index in [0.717, 1.165) is 0 Å². The third kappa shape index (κ3) is 5.14. The summed E-state index contributed by atoms with van der Waals surface area (Å²) < 4.78 is 20.9. The Morgan fingerprint density at radius 2 is 1.83 bits per heavy atom. The molecule has 0 aromatic heterocycles. The van der Waals surface area contributed by atoms with Crippen LogP contribution in [0, 0.1) is 11.8 Å². The van der Waals surface area contributed by atoms with Crippen LogP contribution in [0.25, 0.3) is 0 Å². The lowest BCUT2D eigenvalue weighted by Gasteiger charge is -2.43. The molecule has 0 aromatic carbocycles. The molecule has 0 spiro atoms. The van der Waals surface area contributed by atoms with Crippen LogP contribution in [0.2, 0.25) is 0 Å². The highest BCUT2D eigenvalue weighted by Gasteiger charge is 2.47. The van der Waals surface area contributed by atoms with Crippen LogP contribution in [0.1, 0.15) is 26.2 Å². The van der Waals surface area contributed by atoms with Gasteiger partial charge in [0.15, 0.2) is 6.29 Å². The molecule has 2 aliphatic rings. The van der Waals surface area contributed by atoms with Crippen molar-refractivity contribution in [3.8, 4) is 0 Å². The molecule has 8 unspecified atom stereocenters. The molecule has 0 bridgehead atoms. The maximum absolute atomic E-state index is 12.2. The molecule has 1 aliphatic carbocycles. The predicted molar refractivity (Wildman–Crippen MR) is 97.3 cm³/mol. The normalized spacial score (nSPS) is 37.6. The molecule has 0 saturated carbocycles. The summed E-state index contributed by atoms with van der Waals surface area (Å²) in [5.41, 5.74) is 0.360. The second-order valence-corrected chi connectivity index (χ2v) is 7.22. The number of hydrogen-bond donors (Lipinski definition) is 4. The summed E-state index contributed by atoms with van der Waals surface area (Å²) in [7, 11) is 2.52. The van der Waals surface area contributed by atoms with E-state index >= 15 is 0 Å². The molecule has 10 heteroatoms. The third-order valence-electron chi connectivity index (χ3n) is 5.63. The van der Waals surface area contributed by atoms with Crippen molar-refractivity contribution in [3.05, 3.63) is 11.6 Å². The fourth-order valence-corrected chi connectivity index (χ4v) is 3.99. The molecule has 0 aromatic rings. The quantitative estimate of drug-likeness (QED) is 0.374. The first-order chi connectivity index (χ1) is 13.8. The number of aliphatic hydroxyl groups excluding tert-OH is 4. The molecule has 166 valence electrons. The molecule has 0 amide bonds. The molecular weight excluding hydrogens is 388 g/mol. The lowest BCUT2D eigenvalue weighted by atomic mass is 9.73. The van der Waals surface area contributed by atoms with Gasteiger partial charge in [-0.2, -0.15) is 0 Å². The Morgan fingerprint density at radius 1 is 1.14 bits per heavy atom. The van der Waals surface area contributed by atoms with E-state index in [1.165, 1.54) is 14.2 Å². The van der Waals surface area contributed by atoms with Gasteiger partial charge in [0.25, 0.3) is 0 Å². The predicted octanol–water partition coefficient (Wildman–Crippen LogP) is -1.12. The van der Waals surface area contributed by atoms with Crippen LogP contribution in [-0.2, 0) is 28.5 Å². The van der Waals surface area contributed by atoms with Crippen LogP contribution in [0.3, 0.4) is 0 Å². The Morgan fingerprint density at radius 3 is 2.38 bits per heavy atom. The monoisotopic (exact) mass is 418 g/mol. The summed E-state index contributed by atoms with van der Waals surface area (Å²) in [6.07, 6.45) is -5.11. The number of methoxy groups -OCH3 is 2. The molecule has 8 atom stereocenters. The van der Waals surface area contributed by atoms with E-state index < -0.39 is 61.3 Å². The van der Waals surface area contributed by atoms with Crippen LogP contribution in [-0.4, -0.2) is 90.0 Å². The second kappa shape index (κ2) is 10.5. The van der Waals surface area contributed by atoms with E-state index in [0.29, 0.717) is 12.0 Å². The maximum atomic E-state index is 12.2. The first kappa shape index (κ1) is 23.7. The molecule has 2 rings (SSSR count). The van der Waals surface area contributed by atoms with Crippen molar-refractivity contribution in [2.75, 3.05) is 20.8 Å². The standard InChI is InChI=1S/C19H30O10/c1-4-9-11(7-14(21)26-2)10(18(25)27-3)5-6-12(9)28-19-17(24)16(23)15(22)13(8-20)29-19/h5,9,11-13,15-17,19-20,22-24H,4,6-8H2,1-3H3. The highest BCUT2D eigenvalue weighted by atomic mass is 16.7. The van der Waals surface area contributed by atoms with Crippen LogP contribution in [0.4, 0.5) is 0 Å². The lowest BCUT2D eigenvalue weighted by Crippen LogP contribution is -2.60. The van der Waals surface area contributed by atoms with Gasteiger partial charge in [0.05, 0.1) is 33.4 Å². The Hall–Kier alpha value is -1.56. The minimum absolute atomic E-state index is 0.0511. The molecule has 1 saturated heterocycles. The van der Waals surface area contributed by atoms with Crippen molar-refractivity contribution in [1.29, 1.82) is 0 Å². The largest absolute Gasteiger partial charge is 0.469 e. The first-order valence-electron chi connectivity index (χ1n) is 9.60. The van der Waals surface area contributed by atoms with Crippen LogP contribution in [0.15, 0.2) is 11.6 Å². The van der Waals surface area contributed by atoms with Crippen molar-refractivity contribution >= 4 is 11.9 Å². The number of carbonyl (C=O) groups is 2. The SMILES string of the molecule is CCC1C(OC2OC(CO)C(O)C(O)C2O)CC=C(C(=O)OC)C1CC(=O)OC. The molecule has 10 nitrogen and oxygen atoms in total. The number of ether oxygens (including phenoxy) is 4. The highest BCUT2D eigenvalue weighted by molar-refractivity contribution is 5.90. The van der Waals surface area contributed by atoms with Gasteiger partial charge in [-0.25, -0.2) is 4.79 Å². The molecule has 29 heavy (non-hydrogen) atoms. The summed E-state index contributed by atoms with van der Waals surface area (Å²) in [6, 6.07) is 0. The molecule has 1 aliphatic heterocycles. The molecule has 1 fully saturated rings. The average molecular weight is 418 g/mol. The van der Waals surface area contributed by atoms with Crippen LogP contribution < -0.4 is 0 Å². The topological polar surface area (TPSA) is 152 Å². The Bertz CT molecular complexity index is 604. The van der Waals surface area contributed by atoms with E-state index in [-0.39, 0.29) is 18.8 Å². The zero-order valence-corrected chi connectivity index (χ0v) is 16.8. The molecular formula is C19H30O10. The van der Waals surface area contributed by atoms with Crippen molar-refractivity contribution in [1.82, 2.24) is 0 Å². The summed E-state index contributed by atoms with van der Waals surface area (Å²) >= 11 is 0. The van der Waals surface area contributed by atoms with Gasteiger partial charge in [-0.3, -0.25) is 4.79 Å². The van der Waals surface area contributed by atoms with Crippen molar-refractivity contribution in [2.24, 2.45) is 11.8 Å². The van der Waals surface area contributed by atoms with Crippen molar-refractivity contribution < 1.29 is 49.0 Å². The highest BCUT2D eigenvalue weighted by Crippen LogP contribution is 2.39. The van der Waals surface area contributed by atoms with Crippen LogP contribution >= 0.6 is 0 Å². The smallest absolute Gasteiger partial charge is 0.333 e. The third-order valence-corrected chi connectivity index (χ3v) is 5.63. The summed E-state index contributed by atoms with van der Waals surface area (Å²) in [5, 5.41) is 39.4. The van der Waals surface area contributed by atoms with Gasteiger partial charge in [-0.15, -0.1) is 0 Å². The Kier molecular flexibility index (Phi) is 8.56. The summed E-state index contributed by atoms with van der Waals surface area (Å²) in [5.74, 6) is -1.86. The van der Waals surface area contributed by atoms with Gasteiger partial charge in [0.1, 0.15) is 24.4 Å². The fraction of sp³-hybridized carbons (Fsp3) is 0.789. The van der Waals surface area contributed by atoms with Gasteiger partial charge in [0.2, 0.25) is 0 Å². The lowest BCUT2D eigenvalue weighted by molar-refractivity contribution is -0.316. The van der Waals surface area contributed by atoms with Crippen molar-refractivity contribution in [2.45, 2.75) is 63.0 Å². The number of rotatable bonds is 7. The second-order valence-electron chi connectivity index (χ2n) is 7.22. The van der Waals surface area contributed by atoms with E-state index in [1.807, 2.05) is 6.92 Å². The van der Waals surface area contributed by atoms with Crippen LogP contribution in [0.5, 0.6) is 0 Å². The van der Waals surface area contributed by atoms with Gasteiger partial charge in [0, 0.05) is 11.5 Å². The minimum Gasteiger partial charge on any atom is -0.469 e. The van der Waals surface area contributed by atoms with E-state index in [9.17, 15) is 30.0 Å². The average Bonchev–Trinajstić information content (AvgIpc) is 2.73. The number of esters is 2. The minimum atomic E-state index is -1.55. The number of aliphatic hydroxyl groups is 4. The molecule has 1 heterocycles. The molecule has 0 radical (unpaired) electrons. The van der Waals surface area contributed by atoms with Gasteiger partial charge >= 0.3 is 11.9 Å². The summed E-state index contributed by atoms with van der Waals surface area (Å²) in [6.45, 7) is 1.31. The van der Waals surface area contributed by atoms with Crippen molar-refractivity contribution in [3.63, 3.8) is 0 Å². The zero-order valence-electron chi connectivity index (χ0n) is 16.8. The zero-order chi connectivity index (χ0) is 21.7. The van der Waals surface area contributed by atoms with E-state index in [1.54, 1.807) is 6.08 Å². The molecule has 4 N–H and O–H groups in total. The first-order valence-corrected chi connectivity index (χ1v) is 9.60. The summed E-state index contributed by atoms with van der Waals surface area (Å²) in [4.78, 5) is 24.1. The van der Waals surface area contributed by atoms with Gasteiger partial charge in [-0.05, 0) is 12.3 Å². The maximum Gasteiger partial charge on any atom is 0.333 e. The van der Waals surface area contributed by atoms with Gasteiger partial charge < -0.3 is 39.4 Å². The fourth-order valence-electron chi connectivity index (χ4n) is 3.99. The Labute approximate surface area is 169 Å².